The second-order valence-corrected chi connectivity index (χ2v) is 5.72. The third-order valence-electron chi connectivity index (χ3n) is 4.18. The Hall–Kier alpha value is -2.93. The third-order valence-corrected chi connectivity index (χ3v) is 4.18. The van der Waals surface area contributed by atoms with Gasteiger partial charge < -0.3 is 0 Å². The van der Waals surface area contributed by atoms with Crippen molar-refractivity contribution in [1.82, 2.24) is 0 Å². The highest BCUT2D eigenvalue weighted by Gasteiger charge is 2.17. The minimum Gasteiger partial charge on any atom is -0.257 e. The van der Waals surface area contributed by atoms with Crippen molar-refractivity contribution < 1.29 is 0 Å². The van der Waals surface area contributed by atoms with E-state index < -0.39 is 0 Å². The summed E-state index contributed by atoms with van der Waals surface area (Å²) in [5.74, 6) is 0. The zero-order valence-corrected chi connectivity index (χ0v) is 12.8. The molecule has 0 radical (unpaired) electrons. The van der Waals surface area contributed by atoms with E-state index in [1.807, 2.05) is 30.5 Å². The van der Waals surface area contributed by atoms with Gasteiger partial charge in [0.25, 0.3) is 0 Å². The van der Waals surface area contributed by atoms with Crippen LogP contribution >= 0.6 is 0 Å². The summed E-state index contributed by atoms with van der Waals surface area (Å²) in [4.78, 5) is 4.55. The summed E-state index contributed by atoms with van der Waals surface area (Å²) in [6.07, 6.45) is 6.91. The lowest BCUT2D eigenvalue weighted by Gasteiger charge is -2.01. The fraction of sp³-hybridized carbons (Fsp3) is 0.0455. The van der Waals surface area contributed by atoms with Gasteiger partial charge in [0, 0.05) is 6.21 Å². The third kappa shape index (κ3) is 2.86. The van der Waals surface area contributed by atoms with Gasteiger partial charge in [0.05, 0.1) is 5.69 Å². The number of nitrogens with zero attached hydrogens (tertiary/aromatic N) is 1. The number of allylic oxidation sites excluding steroid dienone is 1. The molecule has 1 aliphatic carbocycles. The summed E-state index contributed by atoms with van der Waals surface area (Å²) in [5, 5.41) is 0. The Balaban J connectivity index is 1.53. The number of rotatable bonds is 3. The highest BCUT2D eigenvalue weighted by Crippen LogP contribution is 2.37. The lowest BCUT2D eigenvalue weighted by molar-refractivity contribution is 1.26. The van der Waals surface area contributed by atoms with Crippen molar-refractivity contribution >= 4 is 18.0 Å². The Morgan fingerprint density at radius 3 is 2.43 bits per heavy atom. The molecule has 0 aromatic heterocycles. The van der Waals surface area contributed by atoms with Crippen LogP contribution in [-0.4, -0.2) is 6.21 Å². The predicted molar refractivity (Wildman–Crippen MR) is 98.3 cm³/mol. The van der Waals surface area contributed by atoms with Gasteiger partial charge in [0.1, 0.15) is 0 Å². The molecule has 0 atom stereocenters. The molecule has 4 rings (SSSR count). The first-order valence-electron chi connectivity index (χ1n) is 7.87. The minimum absolute atomic E-state index is 1.01. The van der Waals surface area contributed by atoms with Crippen molar-refractivity contribution in [3.63, 3.8) is 0 Å². The fourth-order valence-electron chi connectivity index (χ4n) is 3.06. The van der Waals surface area contributed by atoms with Crippen LogP contribution in [0.25, 0.3) is 17.2 Å². The summed E-state index contributed by atoms with van der Waals surface area (Å²) in [6, 6.07) is 25.4. The zero-order chi connectivity index (χ0) is 15.5. The molecule has 3 aromatic rings. The SMILES string of the molecule is C(=C\c1ccccc1)/C=N/c1ccc2c(c1)Cc1ccccc1-2. The molecule has 110 valence electrons. The van der Waals surface area contributed by atoms with Crippen LogP contribution in [0.5, 0.6) is 0 Å². The summed E-state index contributed by atoms with van der Waals surface area (Å²) in [7, 11) is 0. The molecule has 3 aromatic carbocycles. The first-order chi connectivity index (χ1) is 11.4. The Bertz CT molecular complexity index is 889. The van der Waals surface area contributed by atoms with Gasteiger partial charge in [-0.15, -0.1) is 0 Å². The van der Waals surface area contributed by atoms with Crippen molar-refractivity contribution in [2.45, 2.75) is 6.42 Å². The van der Waals surface area contributed by atoms with Crippen LogP contribution in [0.2, 0.25) is 0 Å². The van der Waals surface area contributed by atoms with E-state index in [1.165, 1.54) is 27.8 Å². The van der Waals surface area contributed by atoms with E-state index in [0.29, 0.717) is 0 Å². The largest absolute Gasteiger partial charge is 0.257 e. The Kier molecular flexibility index (Phi) is 3.61. The maximum atomic E-state index is 4.55. The predicted octanol–water partition coefficient (Wildman–Crippen LogP) is 5.67. The van der Waals surface area contributed by atoms with Crippen LogP contribution in [0.1, 0.15) is 16.7 Å². The van der Waals surface area contributed by atoms with Gasteiger partial charge in [-0.1, -0.05) is 66.7 Å². The lowest BCUT2D eigenvalue weighted by atomic mass is 10.1. The molecular weight excluding hydrogens is 278 g/mol. The van der Waals surface area contributed by atoms with Crippen molar-refractivity contribution in [2.75, 3.05) is 0 Å². The van der Waals surface area contributed by atoms with Crippen LogP contribution in [0.3, 0.4) is 0 Å². The Labute approximate surface area is 136 Å². The van der Waals surface area contributed by atoms with Gasteiger partial charge in [-0.25, -0.2) is 0 Å². The Morgan fingerprint density at radius 1 is 0.739 bits per heavy atom. The fourth-order valence-corrected chi connectivity index (χ4v) is 3.06. The van der Waals surface area contributed by atoms with Crippen molar-refractivity contribution in [2.24, 2.45) is 4.99 Å². The van der Waals surface area contributed by atoms with Crippen molar-refractivity contribution in [3.8, 4) is 11.1 Å². The monoisotopic (exact) mass is 295 g/mol. The Morgan fingerprint density at radius 2 is 1.52 bits per heavy atom. The number of hydrogen-bond acceptors (Lipinski definition) is 1. The maximum absolute atomic E-state index is 4.55. The van der Waals surface area contributed by atoms with Gasteiger partial charge in [0.2, 0.25) is 0 Å². The molecule has 0 unspecified atom stereocenters. The average Bonchev–Trinajstić information content (AvgIpc) is 2.97. The molecule has 1 aliphatic rings. The van der Waals surface area contributed by atoms with Crippen LogP contribution in [0.4, 0.5) is 5.69 Å². The molecule has 0 bridgehead atoms. The molecular formula is C22H17N. The molecule has 0 amide bonds. The summed E-state index contributed by atoms with van der Waals surface area (Å²) < 4.78 is 0. The number of aliphatic imine (C=N–C) groups is 1. The van der Waals surface area contributed by atoms with Crippen LogP contribution in [0, 0.1) is 0 Å². The van der Waals surface area contributed by atoms with Crippen molar-refractivity contribution in [1.29, 1.82) is 0 Å². The van der Waals surface area contributed by atoms with E-state index in [4.69, 9.17) is 0 Å². The number of fused-ring (bicyclic) bond motifs is 3. The van der Waals surface area contributed by atoms with Crippen LogP contribution < -0.4 is 0 Å². The topological polar surface area (TPSA) is 12.4 Å². The van der Waals surface area contributed by atoms with E-state index in [0.717, 1.165) is 12.1 Å². The van der Waals surface area contributed by atoms with E-state index in [-0.39, 0.29) is 0 Å². The highest BCUT2D eigenvalue weighted by molar-refractivity contribution is 5.82. The average molecular weight is 295 g/mol. The summed E-state index contributed by atoms with van der Waals surface area (Å²) in [6.45, 7) is 0. The zero-order valence-electron chi connectivity index (χ0n) is 12.8. The van der Waals surface area contributed by atoms with E-state index in [1.54, 1.807) is 0 Å². The van der Waals surface area contributed by atoms with Gasteiger partial charge >= 0.3 is 0 Å². The number of benzene rings is 3. The first-order valence-corrected chi connectivity index (χ1v) is 7.87. The molecule has 0 aliphatic heterocycles. The summed E-state index contributed by atoms with van der Waals surface area (Å²) in [5.41, 5.74) is 7.68. The molecule has 0 heterocycles. The molecule has 1 heteroatoms. The van der Waals surface area contributed by atoms with Crippen LogP contribution in [-0.2, 0) is 6.42 Å². The second kappa shape index (κ2) is 6.05. The highest BCUT2D eigenvalue weighted by atomic mass is 14.7. The van der Waals surface area contributed by atoms with Gasteiger partial charge in [-0.05, 0) is 52.4 Å². The first kappa shape index (κ1) is 13.7. The van der Waals surface area contributed by atoms with Gasteiger partial charge in [-0.3, -0.25) is 4.99 Å². The van der Waals surface area contributed by atoms with Gasteiger partial charge in [0.15, 0.2) is 0 Å². The van der Waals surface area contributed by atoms with Crippen molar-refractivity contribution in [3.05, 3.63) is 95.6 Å². The van der Waals surface area contributed by atoms with E-state index in [9.17, 15) is 0 Å². The molecule has 0 spiro atoms. The standard InChI is InChI=1S/C22H17N/c1-2-7-17(8-3-1)9-6-14-23-20-12-13-22-19(16-20)15-18-10-4-5-11-21(18)22/h1-14,16H,15H2/b9-6+,23-14+. The summed E-state index contributed by atoms with van der Waals surface area (Å²) >= 11 is 0. The van der Waals surface area contributed by atoms with E-state index >= 15 is 0 Å². The lowest BCUT2D eigenvalue weighted by Crippen LogP contribution is -1.79. The molecule has 23 heavy (non-hydrogen) atoms. The molecule has 0 N–H and O–H groups in total. The smallest absolute Gasteiger partial charge is 0.0632 e. The quantitative estimate of drug-likeness (QED) is 0.432. The van der Waals surface area contributed by atoms with Gasteiger partial charge in [-0.2, -0.15) is 0 Å². The molecule has 1 nitrogen and oxygen atoms in total. The van der Waals surface area contributed by atoms with Crippen LogP contribution in [0.15, 0.2) is 83.9 Å². The molecule has 0 saturated carbocycles. The second-order valence-electron chi connectivity index (χ2n) is 5.72. The minimum atomic E-state index is 1.01. The molecule has 0 saturated heterocycles. The van der Waals surface area contributed by atoms with E-state index in [2.05, 4.69) is 65.7 Å². The molecule has 0 fully saturated rings. The number of hydrogen-bond donors (Lipinski definition) is 0. The maximum Gasteiger partial charge on any atom is 0.0632 e. The normalized spacial score (nSPS) is 12.7.